The molecule has 3 nitrogen and oxygen atoms in total. The lowest BCUT2D eigenvalue weighted by Crippen LogP contribution is -2.00. The van der Waals surface area contributed by atoms with Crippen LogP contribution in [0.4, 0.5) is 0 Å². The summed E-state index contributed by atoms with van der Waals surface area (Å²) in [5.74, 6) is 1.33. The van der Waals surface area contributed by atoms with Crippen LogP contribution in [0, 0.1) is 0 Å². The number of nitrogens with zero attached hydrogens (tertiary/aromatic N) is 2. The van der Waals surface area contributed by atoms with Crippen molar-refractivity contribution in [2.45, 2.75) is 18.9 Å². The summed E-state index contributed by atoms with van der Waals surface area (Å²) in [6.07, 6.45) is 4.79. The van der Waals surface area contributed by atoms with E-state index >= 15 is 0 Å². The lowest BCUT2D eigenvalue weighted by molar-refractivity contribution is 0.263. The topological polar surface area (TPSA) is 38.0 Å². The Balaban J connectivity index is 2.34. The number of rotatable bonds is 1. The van der Waals surface area contributed by atoms with E-state index in [0.717, 1.165) is 18.8 Å². The molecular weight excluding hydrogens is 128 g/mol. The zero-order valence-corrected chi connectivity index (χ0v) is 5.70. The Morgan fingerprint density at radius 1 is 1.80 bits per heavy atom. The standard InChI is InChI=1S/C7H10N2O/c10-5-6-1-3-9-4-2-8-7(6)9/h2,4,6,10H,1,3,5H2/t6-/m1/s1. The van der Waals surface area contributed by atoms with Gasteiger partial charge in [0.05, 0.1) is 6.61 Å². The largest absolute Gasteiger partial charge is 0.396 e. The number of aryl methyl sites for hydroxylation is 1. The van der Waals surface area contributed by atoms with Crippen LogP contribution in [0.2, 0.25) is 0 Å². The van der Waals surface area contributed by atoms with Gasteiger partial charge in [0.25, 0.3) is 0 Å². The Bertz CT molecular complexity index is 231. The van der Waals surface area contributed by atoms with Gasteiger partial charge in [-0.05, 0) is 6.42 Å². The molecular formula is C7H10N2O. The molecule has 1 N–H and O–H groups in total. The van der Waals surface area contributed by atoms with Crippen LogP contribution in [0.15, 0.2) is 12.4 Å². The monoisotopic (exact) mass is 138 g/mol. The molecule has 0 fully saturated rings. The maximum absolute atomic E-state index is 8.88. The fraction of sp³-hybridized carbons (Fsp3) is 0.571. The van der Waals surface area contributed by atoms with Crippen LogP contribution >= 0.6 is 0 Å². The first kappa shape index (κ1) is 5.92. The Hall–Kier alpha value is -0.830. The molecule has 0 radical (unpaired) electrons. The van der Waals surface area contributed by atoms with Crippen LogP contribution in [0.3, 0.4) is 0 Å². The van der Waals surface area contributed by atoms with E-state index < -0.39 is 0 Å². The van der Waals surface area contributed by atoms with Crippen molar-refractivity contribution in [1.29, 1.82) is 0 Å². The van der Waals surface area contributed by atoms with Gasteiger partial charge in [-0.15, -0.1) is 0 Å². The minimum Gasteiger partial charge on any atom is -0.396 e. The maximum Gasteiger partial charge on any atom is 0.114 e. The van der Waals surface area contributed by atoms with E-state index in [-0.39, 0.29) is 12.5 Å². The van der Waals surface area contributed by atoms with Gasteiger partial charge >= 0.3 is 0 Å². The number of fused-ring (bicyclic) bond motifs is 1. The van der Waals surface area contributed by atoms with Crippen molar-refractivity contribution < 1.29 is 5.11 Å². The zero-order valence-electron chi connectivity index (χ0n) is 5.70. The molecule has 0 unspecified atom stereocenters. The molecule has 54 valence electrons. The van der Waals surface area contributed by atoms with Crippen LogP contribution in [-0.2, 0) is 6.54 Å². The van der Waals surface area contributed by atoms with Crippen molar-refractivity contribution in [2.24, 2.45) is 0 Å². The molecule has 1 aliphatic heterocycles. The first-order valence-corrected chi connectivity index (χ1v) is 3.53. The summed E-state index contributed by atoms with van der Waals surface area (Å²) in [4.78, 5) is 4.15. The summed E-state index contributed by atoms with van der Waals surface area (Å²) >= 11 is 0. The van der Waals surface area contributed by atoms with Crippen LogP contribution in [0.25, 0.3) is 0 Å². The highest BCUT2D eigenvalue weighted by Gasteiger charge is 2.21. The Kier molecular flexibility index (Phi) is 1.24. The van der Waals surface area contributed by atoms with Crippen LogP contribution in [0.1, 0.15) is 18.2 Å². The number of aliphatic hydroxyl groups is 1. The molecule has 0 amide bonds. The molecule has 0 aliphatic carbocycles. The first-order valence-electron chi connectivity index (χ1n) is 3.53. The summed E-state index contributed by atoms with van der Waals surface area (Å²) in [5, 5.41) is 8.88. The molecule has 10 heavy (non-hydrogen) atoms. The van der Waals surface area contributed by atoms with Crippen LogP contribution in [-0.4, -0.2) is 21.3 Å². The second-order valence-electron chi connectivity index (χ2n) is 2.65. The summed E-state index contributed by atoms with van der Waals surface area (Å²) in [6.45, 7) is 1.25. The summed E-state index contributed by atoms with van der Waals surface area (Å²) in [5.41, 5.74) is 0. The highest BCUT2D eigenvalue weighted by atomic mass is 16.3. The fourth-order valence-electron chi connectivity index (χ4n) is 1.47. The molecule has 1 aromatic rings. The second-order valence-corrected chi connectivity index (χ2v) is 2.65. The summed E-state index contributed by atoms with van der Waals surface area (Å²) < 4.78 is 2.10. The van der Waals surface area contributed by atoms with Gasteiger partial charge in [0.2, 0.25) is 0 Å². The van der Waals surface area contributed by atoms with E-state index in [2.05, 4.69) is 9.55 Å². The summed E-state index contributed by atoms with van der Waals surface area (Å²) in [6, 6.07) is 0. The fourth-order valence-corrected chi connectivity index (χ4v) is 1.47. The molecule has 0 aromatic carbocycles. The average molecular weight is 138 g/mol. The highest BCUT2D eigenvalue weighted by Crippen LogP contribution is 2.24. The minimum absolute atomic E-state index is 0.233. The van der Waals surface area contributed by atoms with E-state index in [0.29, 0.717) is 0 Å². The van der Waals surface area contributed by atoms with Gasteiger partial charge in [0, 0.05) is 24.9 Å². The smallest absolute Gasteiger partial charge is 0.114 e. The number of aromatic nitrogens is 2. The van der Waals surface area contributed by atoms with E-state index in [1.54, 1.807) is 6.20 Å². The molecule has 2 rings (SSSR count). The van der Waals surface area contributed by atoms with Gasteiger partial charge in [0.15, 0.2) is 0 Å². The van der Waals surface area contributed by atoms with Crippen molar-refractivity contribution in [3.8, 4) is 0 Å². The molecule has 0 saturated carbocycles. The maximum atomic E-state index is 8.88. The van der Waals surface area contributed by atoms with Crippen molar-refractivity contribution in [2.75, 3.05) is 6.61 Å². The predicted molar refractivity (Wildman–Crippen MR) is 36.7 cm³/mol. The molecule has 1 atom stereocenters. The molecule has 0 saturated heterocycles. The van der Waals surface area contributed by atoms with Crippen molar-refractivity contribution in [1.82, 2.24) is 9.55 Å². The van der Waals surface area contributed by atoms with Gasteiger partial charge in [-0.3, -0.25) is 0 Å². The van der Waals surface area contributed by atoms with Crippen LogP contribution < -0.4 is 0 Å². The van der Waals surface area contributed by atoms with Gasteiger partial charge in [-0.25, -0.2) is 4.98 Å². The van der Waals surface area contributed by atoms with Gasteiger partial charge < -0.3 is 9.67 Å². The number of hydrogen-bond acceptors (Lipinski definition) is 2. The molecule has 2 heterocycles. The average Bonchev–Trinajstić information content (AvgIpc) is 2.44. The third-order valence-corrected chi connectivity index (χ3v) is 2.05. The highest BCUT2D eigenvalue weighted by molar-refractivity contribution is 5.05. The Labute approximate surface area is 59.3 Å². The SMILES string of the molecule is OC[C@H]1CCn2ccnc21. The number of imidazole rings is 1. The lowest BCUT2D eigenvalue weighted by atomic mass is 10.1. The number of hydrogen-bond donors (Lipinski definition) is 1. The minimum atomic E-state index is 0.233. The third kappa shape index (κ3) is 0.671. The van der Waals surface area contributed by atoms with Gasteiger partial charge in [-0.2, -0.15) is 0 Å². The number of aliphatic hydroxyl groups excluding tert-OH is 1. The van der Waals surface area contributed by atoms with Crippen molar-refractivity contribution in [3.05, 3.63) is 18.2 Å². The Morgan fingerprint density at radius 3 is 3.50 bits per heavy atom. The Morgan fingerprint density at radius 2 is 2.70 bits per heavy atom. The second kappa shape index (κ2) is 2.09. The van der Waals surface area contributed by atoms with E-state index in [4.69, 9.17) is 5.11 Å². The molecule has 1 aromatic heterocycles. The summed E-state index contributed by atoms with van der Waals surface area (Å²) in [7, 11) is 0. The molecule has 0 bridgehead atoms. The van der Waals surface area contributed by atoms with Crippen molar-refractivity contribution in [3.63, 3.8) is 0 Å². The van der Waals surface area contributed by atoms with E-state index in [1.165, 1.54) is 0 Å². The van der Waals surface area contributed by atoms with Crippen molar-refractivity contribution >= 4 is 0 Å². The predicted octanol–water partition coefficient (Wildman–Crippen LogP) is 0.363. The lowest BCUT2D eigenvalue weighted by Gasteiger charge is -2.00. The zero-order chi connectivity index (χ0) is 6.97. The molecule has 3 heteroatoms. The van der Waals surface area contributed by atoms with E-state index in [9.17, 15) is 0 Å². The molecule has 0 spiro atoms. The van der Waals surface area contributed by atoms with E-state index in [1.807, 2.05) is 6.20 Å². The first-order chi connectivity index (χ1) is 4.92. The normalized spacial score (nSPS) is 23.1. The van der Waals surface area contributed by atoms with Gasteiger partial charge in [-0.1, -0.05) is 0 Å². The van der Waals surface area contributed by atoms with Gasteiger partial charge in [0.1, 0.15) is 5.82 Å². The third-order valence-electron chi connectivity index (χ3n) is 2.05. The van der Waals surface area contributed by atoms with Crippen LogP contribution in [0.5, 0.6) is 0 Å². The molecule has 1 aliphatic rings. The quantitative estimate of drug-likeness (QED) is 0.608.